The maximum Gasteiger partial charge on any atom is 1.00 e. The molecule has 0 bridgehead atoms. The third-order valence-electron chi connectivity index (χ3n) is 1.48. The molecule has 0 aromatic heterocycles. The van der Waals surface area contributed by atoms with Gasteiger partial charge >= 0.3 is 59.1 Å². The molecule has 4 nitrogen and oxygen atoms in total. The summed E-state index contributed by atoms with van der Waals surface area (Å²) in [7, 11) is 0.418. The zero-order chi connectivity index (χ0) is 10.3. The molecule has 0 saturated heterocycles. The molecule has 0 rings (SSSR count). The van der Waals surface area contributed by atoms with Crippen molar-refractivity contribution in [3.63, 3.8) is 0 Å². The zero-order valence-corrected chi connectivity index (χ0v) is 15.7. The Hall–Kier alpha value is 2.25. The summed E-state index contributed by atoms with van der Waals surface area (Å²) < 4.78 is 30.5. The largest absolute Gasteiger partial charge is 1.00 e. The van der Waals surface area contributed by atoms with Crippen LogP contribution >= 0.6 is 0 Å². The van der Waals surface area contributed by atoms with Crippen LogP contribution in [0, 0.1) is 0 Å². The summed E-state index contributed by atoms with van der Waals surface area (Å²) in [6, 6.07) is 0. The van der Waals surface area contributed by atoms with E-state index in [4.69, 9.17) is 0 Å². The first-order chi connectivity index (χ1) is 5.92. The minimum absolute atomic E-state index is 0. The Kier molecular flexibility index (Phi) is 19.0. The van der Waals surface area contributed by atoms with E-state index in [1.807, 2.05) is 14.1 Å². The van der Waals surface area contributed by atoms with Crippen molar-refractivity contribution in [2.24, 2.45) is 0 Å². The van der Waals surface area contributed by atoms with Crippen molar-refractivity contribution < 1.29 is 72.4 Å². The Morgan fingerprint density at radius 1 is 1.13 bits per heavy atom. The number of rotatable bonds is 6. The normalized spacial score (nSPS) is 10.5. The van der Waals surface area contributed by atoms with E-state index in [0.717, 1.165) is 25.8 Å². The molecule has 0 spiro atoms. The third kappa shape index (κ3) is 22.0. The predicted molar refractivity (Wildman–Crippen MR) is 54.3 cm³/mol. The fourth-order valence-corrected chi connectivity index (χ4v) is 2.36. The monoisotopic (exact) mass is 272 g/mol. The van der Waals surface area contributed by atoms with Gasteiger partial charge in [-0.15, -0.1) is 0 Å². The Labute approximate surface area is 140 Å². The Morgan fingerprint density at radius 2 is 1.67 bits per heavy atom. The van der Waals surface area contributed by atoms with E-state index >= 15 is 0 Å². The molecule has 0 unspecified atom stereocenters. The average molecular weight is 272 g/mol. The van der Waals surface area contributed by atoms with Crippen LogP contribution in [0.2, 0.25) is 0 Å². The first-order valence-electron chi connectivity index (χ1n) is 4.17. The summed E-state index contributed by atoms with van der Waals surface area (Å²) in [5, 5.41) is 0. The van der Waals surface area contributed by atoms with Gasteiger partial charge in [0.25, 0.3) is 0 Å². The summed E-state index contributed by atoms with van der Waals surface area (Å²) in [5.74, 6) is 0.416. The van der Waals surface area contributed by atoms with Crippen LogP contribution in [0.3, 0.4) is 0 Å². The quantitative estimate of drug-likeness (QED) is 0.275. The van der Waals surface area contributed by atoms with Gasteiger partial charge in [-0.2, -0.15) is 0 Å². The molecule has 0 aromatic rings. The molecule has 0 heterocycles. The molecule has 80 valence electrons. The fraction of sp³-hybridized carbons (Fsp3) is 1.00. The number of unbranched alkanes of at least 4 members (excludes halogenated alkanes) is 2. The smallest absolute Gasteiger partial charge is 0.746 e. The van der Waals surface area contributed by atoms with Crippen LogP contribution in [0.4, 0.5) is 0 Å². The third-order valence-corrected chi connectivity index (χ3v) is 3.59. The number of hydrogen-bond donors (Lipinski definition) is 0. The van der Waals surface area contributed by atoms with Crippen molar-refractivity contribution in [3.05, 3.63) is 0 Å². The van der Waals surface area contributed by atoms with Crippen molar-refractivity contribution in [1.82, 2.24) is 4.90 Å². The molecule has 0 saturated carbocycles. The maximum atomic E-state index is 10.2. The van der Waals surface area contributed by atoms with Gasteiger partial charge in [-0.05, 0) is 33.5 Å². The summed E-state index contributed by atoms with van der Waals surface area (Å²) >= 11 is 0. The van der Waals surface area contributed by atoms with Gasteiger partial charge in [0, 0.05) is 6.42 Å². The van der Waals surface area contributed by atoms with E-state index in [2.05, 4.69) is 4.90 Å². The second-order valence-electron chi connectivity index (χ2n) is 3.09. The van der Waals surface area contributed by atoms with E-state index in [1.54, 1.807) is 0 Å². The molecular formula is C7H16NNa2O3S2+. The topological polar surface area (TPSA) is 66.4 Å². The fourth-order valence-electron chi connectivity index (χ4n) is 0.868. The number of nitrogens with zero attached hydrogens (tertiary/aromatic N) is 1. The van der Waals surface area contributed by atoms with Gasteiger partial charge < -0.3 is 14.0 Å². The molecule has 0 aliphatic heterocycles. The van der Waals surface area contributed by atoms with Gasteiger partial charge in [-0.1, -0.05) is 0 Å². The summed E-state index contributed by atoms with van der Waals surface area (Å²) in [5.41, 5.74) is 0. The van der Waals surface area contributed by atoms with Crippen molar-refractivity contribution in [2.75, 3.05) is 26.4 Å². The van der Waals surface area contributed by atoms with Gasteiger partial charge in [0.2, 0.25) is 10.3 Å². The van der Waals surface area contributed by atoms with Gasteiger partial charge in [-0.25, -0.2) is 4.21 Å². The molecule has 0 aliphatic rings. The standard InChI is InChI=1S/C7H17NO3S2.2Na/c1-8(2)6-4-3-5-7-12-13(9,10)11;;/h3-7H2,1-2H3,(H-,9,10,11);;/q;2*+1/p-1. The zero-order valence-electron chi connectivity index (χ0n) is 10.0. The maximum absolute atomic E-state index is 10.2. The molecule has 0 N–H and O–H groups in total. The average Bonchev–Trinajstić information content (AvgIpc) is 1.93. The van der Waals surface area contributed by atoms with Crippen LogP contribution in [0.15, 0.2) is 0 Å². The molecule has 0 amide bonds. The molecule has 15 heavy (non-hydrogen) atoms. The van der Waals surface area contributed by atoms with Gasteiger partial charge in [0.05, 0.1) is 9.05 Å². The van der Waals surface area contributed by atoms with Crippen LogP contribution in [-0.4, -0.2) is 44.6 Å². The van der Waals surface area contributed by atoms with Gasteiger partial charge in [0.1, 0.15) is 0 Å². The summed E-state index contributed by atoms with van der Waals surface area (Å²) in [4.78, 5) is 2.08. The number of hydrogen-bond acceptors (Lipinski definition) is 4. The summed E-state index contributed by atoms with van der Waals surface area (Å²) in [6.45, 7) is 1.01. The first-order valence-corrected chi connectivity index (χ1v) is 7.08. The Balaban J connectivity index is -0.000000720. The molecule has 0 radical (unpaired) electrons. The molecule has 0 atom stereocenters. The first kappa shape index (κ1) is 22.4. The van der Waals surface area contributed by atoms with Crippen molar-refractivity contribution >= 4 is 19.4 Å². The van der Waals surface area contributed by atoms with Gasteiger partial charge in [0.15, 0.2) is 5.75 Å². The van der Waals surface area contributed by atoms with Crippen molar-refractivity contribution in [2.45, 2.75) is 19.3 Å². The molecular weight excluding hydrogens is 256 g/mol. The van der Waals surface area contributed by atoms with Crippen LogP contribution in [0.5, 0.6) is 0 Å². The van der Waals surface area contributed by atoms with E-state index < -0.39 is 9.05 Å². The van der Waals surface area contributed by atoms with Crippen LogP contribution in [0.1, 0.15) is 19.3 Å². The minimum atomic E-state index is -4.07. The Bertz CT molecular complexity index is 234. The van der Waals surface area contributed by atoms with Crippen molar-refractivity contribution in [3.8, 4) is 0 Å². The second-order valence-corrected chi connectivity index (χ2v) is 6.49. The molecule has 0 aliphatic carbocycles. The van der Waals surface area contributed by atoms with Crippen LogP contribution in [0.25, 0.3) is 0 Å². The van der Waals surface area contributed by atoms with Crippen LogP contribution < -0.4 is 59.1 Å². The van der Waals surface area contributed by atoms with E-state index in [9.17, 15) is 13.3 Å². The van der Waals surface area contributed by atoms with E-state index in [-0.39, 0.29) is 59.1 Å². The molecule has 0 fully saturated rings. The second kappa shape index (κ2) is 12.7. The molecule has 0 aromatic carbocycles. The van der Waals surface area contributed by atoms with Crippen LogP contribution in [-0.2, 0) is 19.4 Å². The van der Waals surface area contributed by atoms with Gasteiger partial charge in [-0.3, -0.25) is 0 Å². The van der Waals surface area contributed by atoms with Crippen molar-refractivity contribution in [1.29, 1.82) is 0 Å². The summed E-state index contributed by atoms with van der Waals surface area (Å²) in [6.07, 6.45) is 2.81. The van der Waals surface area contributed by atoms with E-state index in [0.29, 0.717) is 16.1 Å². The molecule has 8 heteroatoms. The predicted octanol–water partition coefficient (Wildman–Crippen LogP) is -5.73. The SMILES string of the molecule is CN(C)CCCCC[S+]=S(=O)([O-])[O-].[Na+].[Na+]. The van der Waals surface area contributed by atoms with E-state index in [1.165, 1.54) is 0 Å². The Morgan fingerprint density at radius 3 is 2.07 bits per heavy atom. The minimum Gasteiger partial charge on any atom is -0.746 e.